The van der Waals surface area contributed by atoms with Crippen molar-refractivity contribution in [2.45, 2.75) is 16.6 Å². The van der Waals surface area contributed by atoms with Crippen molar-refractivity contribution < 1.29 is 4.42 Å². The highest BCUT2D eigenvalue weighted by Gasteiger charge is 2.07. The van der Waals surface area contributed by atoms with Gasteiger partial charge < -0.3 is 9.73 Å². The number of halogens is 1. The Morgan fingerprint density at radius 3 is 2.90 bits per heavy atom. The highest BCUT2D eigenvalue weighted by molar-refractivity contribution is 9.10. The van der Waals surface area contributed by atoms with Crippen LogP contribution < -0.4 is 5.32 Å². The lowest BCUT2D eigenvalue weighted by molar-refractivity contribution is 0.518. The van der Waals surface area contributed by atoms with E-state index < -0.39 is 0 Å². The van der Waals surface area contributed by atoms with Crippen LogP contribution in [0.15, 0.2) is 55.9 Å². The maximum Gasteiger partial charge on any atom is 0.206 e. The number of furan rings is 1. The molecule has 0 aliphatic rings. The Morgan fingerprint density at radius 1 is 1.19 bits per heavy atom. The minimum Gasteiger partial charge on any atom is -0.467 e. The lowest BCUT2D eigenvalue weighted by Gasteiger charge is -2.01. The summed E-state index contributed by atoms with van der Waals surface area (Å²) < 4.78 is 7.34. The van der Waals surface area contributed by atoms with Gasteiger partial charge in [0.1, 0.15) is 5.76 Å². The molecular formula is C14H12BrN3OS2. The molecule has 0 saturated heterocycles. The van der Waals surface area contributed by atoms with Gasteiger partial charge in [-0.25, -0.2) is 0 Å². The average Bonchev–Trinajstić information content (AvgIpc) is 3.16. The third-order valence-corrected chi connectivity index (χ3v) is 5.55. The van der Waals surface area contributed by atoms with Gasteiger partial charge in [-0.2, -0.15) is 0 Å². The molecule has 0 atom stereocenters. The number of hydrogen-bond acceptors (Lipinski definition) is 6. The average molecular weight is 382 g/mol. The van der Waals surface area contributed by atoms with Gasteiger partial charge in [0.25, 0.3) is 0 Å². The Morgan fingerprint density at radius 2 is 2.10 bits per heavy atom. The summed E-state index contributed by atoms with van der Waals surface area (Å²) in [6.45, 7) is 0.622. The molecule has 4 nitrogen and oxygen atoms in total. The summed E-state index contributed by atoms with van der Waals surface area (Å²) in [7, 11) is 0. The first kappa shape index (κ1) is 14.6. The van der Waals surface area contributed by atoms with Crippen molar-refractivity contribution in [3.05, 3.63) is 58.5 Å². The Labute approximate surface area is 139 Å². The topological polar surface area (TPSA) is 51.0 Å². The quantitative estimate of drug-likeness (QED) is 0.621. The third kappa shape index (κ3) is 4.09. The third-order valence-electron chi connectivity index (χ3n) is 2.71. The van der Waals surface area contributed by atoms with E-state index in [2.05, 4.69) is 37.5 Å². The summed E-state index contributed by atoms with van der Waals surface area (Å²) in [5, 5.41) is 12.3. The Balaban J connectivity index is 1.54. The van der Waals surface area contributed by atoms with E-state index in [1.54, 1.807) is 29.4 Å². The van der Waals surface area contributed by atoms with Gasteiger partial charge in [0.15, 0.2) is 4.34 Å². The maximum absolute atomic E-state index is 5.26. The highest BCUT2D eigenvalue weighted by atomic mass is 79.9. The van der Waals surface area contributed by atoms with Gasteiger partial charge in [-0.05, 0) is 23.8 Å². The van der Waals surface area contributed by atoms with Gasteiger partial charge in [0.2, 0.25) is 5.13 Å². The molecule has 1 N–H and O–H groups in total. The zero-order valence-corrected chi connectivity index (χ0v) is 14.2. The molecule has 2 heterocycles. The smallest absolute Gasteiger partial charge is 0.206 e. The van der Waals surface area contributed by atoms with Gasteiger partial charge in [0.05, 0.1) is 12.8 Å². The minimum absolute atomic E-state index is 0.622. The molecule has 7 heteroatoms. The summed E-state index contributed by atoms with van der Waals surface area (Å²) >= 11 is 6.79. The van der Waals surface area contributed by atoms with Gasteiger partial charge in [0, 0.05) is 10.2 Å². The van der Waals surface area contributed by atoms with E-state index in [1.807, 2.05) is 30.3 Å². The molecular weight excluding hydrogens is 370 g/mol. The molecule has 0 amide bonds. The first-order valence-corrected chi connectivity index (χ1v) is 8.87. The van der Waals surface area contributed by atoms with Crippen molar-refractivity contribution in [3.8, 4) is 0 Å². The molecule has 0 saturated carbocycles. The van der Waals surface area contributed by atoms with Crippen LogP contribution >= 0.6 is 39.0 Å². The maximum atomic E-state index is 5.26. The van der Waals surface area contributed by atoms with Crippen LogP contribution in [-0.4, -0.2) is 10.2 Å². The van der Waals surface area contributed by atoms with E-state index >= 15 is 0 Å². The molecule has 0 spiro atoms. The zero-order valence-electron chi connectivity index (χ0n) is 11.0. The molecule has 0 aliphatic carbocycles. The number of benzene rings is 1. The van der Waals surface area contributed by atoms with Crippen molar-refractivity contribution >= 4 is 44.2 Å². The predicted molar refractivity (Wildman–Crippen MR) is 89.6 cm³/mol. The summed E-state index contributed by atoms with van der Waals surface area (Å²) in [4.78, 5) is 0. The van der Waals surface area contributed by atoms with Crippen molar-refractivity contribution in [2.24, 2.45) is 0 Å². The number of nitrogens with zero attached hydrogens (tertiary/aromatic N) is 2. The second-order valence-corrected chi connectivity index (χ2v) is 7.24. The van der Waals surface area contributed by atoms with Crippen LogP contribution in [0.4, 0.5) is 5.13 Å². The Bertz CT molecular complexity index is 700. The summed E-state index contributed by atoms with van der Waals surface area (Å²) in [6, 6.07) is 12.0. The first-order chi connectivity index (χ1) is 10.3. The van der Waals surface area contributed by atoms with Crippen LogP contribution in [0.2, 0.25) is 0 Å². The van der Waals surface area contributed by atoms with Crippen molar-refractivity contribution in [1.82, 2.24) is 10.2 Å². The molecule has 108 valence electrons. The van der Waals surface area contributed by atoms with Gasteiger partial charge in [-0.1, -0.05) is 57.2 Å². The van der Waals surface area contributed by atoms with Gasteiger partial charge >= 0.3 is 0 Å². The minimum atomic E-state index is 0.622. The summed E-state index contributed by atoms with van der Waals surface area (Å²) in [6.07, 6.45) is 1.66. The van der Waals surface area contributed by atoms with E-state index in [-0.39, 0.29) is 0 Å². The van der Waals surface area contributed by atoms with Crippen LogP contribution in [-0.2, 0) is 12.3 Å². The molecule has 0 bridgehead atoms. The molecule has 0 radical (unpaired) electrons. The lowest BCUT2D eigenvalue weighted by Crippen LogP contribution is -1.96. The van der Waals surface area contributed by atoms with E-state index in [4.69, 9.17) is 4.42 Å². The molecule has 21 heavy (non-hydrogen) atoms. The largest absolute Gasteiger partial charge is 0.467 e. The molecule has 2 aromatic heterocycles. The highest BCUT2D eigenvalue weighted by Crippen LogP contribution is 2.30. The van der Waals surface area contributed by atoms with Crippen LogP contribution in [0.5, 0.6) is 0 Å². The number of aromatic nitrogens is 2. The summed E-state index contributed by atoms with van der Waals surface area (Å²) in [5.41, 5.74) is 1.25. The van der Waals surface area contributed by atoms with Crippen LogP contribution in [0.25, 0.3) is 0 Å². The molecule has 1 aromatic carbocycles. The Hall–Kier alpha value is -1.31. The SMILES string of the molecule is Brc1ccccc1CSc1nnc(NCc2ccco2)s1. The van der Waals surface area contributed by atoms with E-state index in [1.165, 1.54) is 5.56 Å². The lowest BCUT2D eigenvalue weighted by atomic mass is 10.2. The fourth-order valence-electron chi connectivity index (χ4n) is 1.67. The van der Waals surface area contributed by atoms with E-state index in [0.29, 0.717) is 6.54 Å². The fraction of sp³-hybridized carbons (Fsp3) is 0.143. The second-order valence-electron chi connectivity index (χ2n) is 4.19. The van der Waals surface area contributed by atoms with Crippen LogP contribution in [0, 0.1) is 0 Å². The van der Waals surface area contributed by atoms with Crippen molar-refractivity contribution in [3.63, 3.8) is 0 Å². The number of hydrogen-bond donors (Lipinski definition) is 1. The standard InChI is InChI=1S/C14H12BrN3OS2/c15-12-6-2-1-4-10(12)9-20-14-18-17-13(21-14)16-8-11-5-3-7-19-11/h1-7H,8-9H2,(H,16,17). The second kappa shape index (κ2) is 7.11. The zero-order chi connectivity index (χ0) is 14.5. The van der Waals surface area contributed by atoms with Crippen molar-refractivity contribution in [2.75, 3.05) is 5.32 Å². The predicted octanol–water partition coefficient (Wildman–Crippen LogP) is 4.80. The molecule has 0 aliphatic heterocycles. The number of thioether (sulfide) groups is 1. The monoisotopic (exact) mass is 381 g/mol. The van der Waals surface area contributed by atoms with Gasteiger partial charge in [-0.15, -0.1) is 10.2 Å². The normalized spacial score (nSPS) is 10.7. The summed E-state index contributed by atoms with van der Waals surface area (Å²) in [5.74, 6) is 1.75. The van der Waals surface area contributed by atoms with Crippen molar-refractivity contribution in [1.29, 1.82) is 0 Å². The van der Waals surface area contributed by atoms with Crippen LogP contribution in [0.3, 0.4) is 0 Å². The van der Waals surface area contributed by atoms with E-state index in [9.17, 15) is 0 Å². The number of rotatable bonds is 6. The number of nitrogens with one attached hydrogen (secondary N) is 1. The van der Waals surface area contributed by atoms with Crippen LogP contribution in [0.1, 0.15) is 11.3 Å². The molecule has 3 rings (SSSR count). The number of anilines is 1. The molecule has 3 aromatic rings. The first-order valence-electron chi connectivity index (χ1n) is 6.27. The molecule has 0 unspecified atom stereocenters. The van der Waals surface area contributed by atoms with Gasteiger partial charge in [-0.3, -0.25) is 0 Å². The molecule has 0 fully saturated rings. The fourth-order valence-corrected chi connectivity index (χ4v) is 4.03. The Kier molecular flexibility index (Phi) is 4.95. The van der Waals surface area contributed by atoms with E-state index in [0.717, 1.165) is 25.5 Å².